The van der Waals surface area contributed by atoms with Crippen LogP contribution in [0.1, 0.15) is 5.56 Å². The summed E-state index contributed by atoms with van der Waals surface area (Å²) in [6.45, 7) is 3.91. The van der Waals surface area contributed by atoms with Gasteiger partial charge in [-0.25, -0.2) is 9.97 Å². The second-order valence-electron chi connectivity index (χ2n) is 7.43. The molecule has 0 spiro atoms. The molecule has 0 aliphatic carbocycles. The summed E-state index contributed by atoms with van der Waals surface area (Å²) in [6.07, 6.45) is 1.95. The van der Waals surface area contributed by atoms with Gasteiger partial charge in [0.1, 0.15) is 11.6 Å². The Balaban J connectivity index is 1.55. The van der Waals surface area contributed by atoms with Gasteiger partial charge in [0.05, 0.1) is 0 Å². The van der Waals surface area contributed by atoms with Crippen molar-refractivity contribution in [2.45, 2.75) is 6.42 Å². The largest absolute Gasteiger partial charge is 0.353 e. The summed E-state index contributed by atoms with van der Waals surface area (Å²) >= 11 is 0. The first-order valence-corrected chi connectivity index (χ1v) is 10.1. The average molecular weight is 385 g/mol. The molecule has 1 amide bonds. The summed E-state index contributed by atoms with van der Waals surface area (Å²) in [5.74, 6) is 2.58. The summed E-state index contributed by atoms with van der Waals surface area (Å²) in [7, 11) is 0. The number of hydrogen-bond donors (Lipinski definition) is 0. The fourth-order valence-electron chi connectivity index (χ4n) is 4.07. The van der Waals surface area contributed by atoms with Gasteiger partial charge in [-0.1, -0.05) is 48.5 Å². The van der Waals surface area contributed by atoms with Crippen LogP contribution in [0.5, 0.6) is 0 Å². The number of piperazine rings is 1. The molecular formula is C23H23N5O. The Morgan fingerprint density at radius 2 is 1.52 bits per heavy atom. The van der Waals surface area contributed by atoms with Crippen molar-refractivity contribution in [2.24, 2.45) is 0 Å². The van der Waals surface area contributed by atoms with E-state index in [1.807, 2.05) is 35.2 Å². The predicted octanol–water partition coefficient (Wildman–Crippen LogP) is 3.12. The van der Waals surface area contributed by atoms with E-state index in [4.69, 9.17) is 9.97 Å². The van der Waals surface area contributed by atoms with E-state index in [-0.39, 0.29) is 0 Å². The van der Waals surface area contributed by atoms with Gasteiger partial charge >= 0.3 is 0 Å². The molecule has 29 heavy (non-hydrogen) atoms. The number of carbonyl (C=O) groups excluding carboxylic acids is 1. The molecule has 2 aliphatic heterocycles. The summed E-state index contributed by atoms with van der Waals surface area (Å²) < 4.78 is 0. The van der Waals surface area contributed by atoms with Crippen molar-refractivity contribution < 1.29 is 4.79 Å². The van der Waals surface area contributed by atoms with Crippen LogP contribution in [0.15, 0.2) is 60.7 Å². The third-order valence-electron chi connectivity index (χ3n) is 5.68. The van der Waals surface area contributed by atoms with E-state index in [1.54, 1.807) is 0 Å². The highest BCUT2D eigenvalue weighted by atomic mass is 16.1. The number of fused-ring (bicyclic) bond motifs is 1. The minimum atomic E-state index is 0.718. The van der Waals surface area contributed by atoms with Crippen LogP contribution < -0.4 is 9.80 Å². The lowest BCUT2D eigenvalue weighted by Crippen LogP contribution is -2.46. The number of aromatic nitrogens is 2. The van der Waals surface area contributed by atoms with E-state index in [2.05, 4.69) is 40.1 Å². The van der Waals surface area contributed by atoms with Gasteiger partial charge in [0.25, 0.3) is 0 Å². The summed E-state index contributed by atoms with van der Waals surface area (Å²) in [5, 5.41) is 0. The molecule has 0 saturated carbocycles. The van der Waals surface area contributed by atoms with Crippen molar-refractivity contribution in [1.82, 2.24) is 14.9 Å². The number of nitrogens with zero attached hydrogens (tertiary/aromatic N) is 5. The lowest BCUT2D eigenvalue weighted by Gasteiger charge is -2.34. The van der Waals surface area contributed by atoms with Crippen LogP contribution >= 0.6 is 0 Å². The Labute approximate surface area is 170 Å². The zero-order valence-corrected chi connectivity index (χ0v) is 16.2. The van der Waals surface area contributed by atoms with Gasteiger partial charge in [0.2, 0.25) is 6.41 Å². The second kappa shape index (κ2) is 7.54. The van der Waals surface area contributed by atoms with Crippen LogP contribution in [0.3, 0.4) is 0 Å². The number of anilines is 3. The minimum absolute atomic E-state index is 0.718. The number of para-hydroxylation sites is 1. The first-order chi connectivity index (χ1) is 14.3. The molecular weight excluding hydrogens is 362 g/mol. The molecule has 1 aromatic heterocycles. The van der Waals surface area contributed by atoms with Crippen LogP contribution in [-0.2, 0) is 11.2 Å². The Bertz CT molecular complexity index is 1010. The molecule has 0 bridgehead atoms. The highest BCUT2D eigenvalue weighted by Crippen LogP contribution is 2.35. The van der Waals surface area contributed by atoms with Gasteiger partial charge in [-0.3, -0.25) is 4.79 Å². The monoisotopic (exact) mass is 385 g/mol. The van der Waals surface area contributed by atoms with Gasteiger partial charge in [-0.2, -0.15) is 0 Å². The lowest BCUT2D eigenvalue weighted by atomic mass is 10.2. The topological polar surface area (TPSA) is 52.6 Å². The zero-order valence-electron chi connectivity index (χ0n) is 16.2. The van der Waals surface area contributed by atoms with Crippen LogP contribution in [0, 0.1) is 0 Å². The number of carbonyl (C=O) groups is 1. The lowest BCUT2D eigenvalue weighted by molar-refractivity contribution is -0.118. The van der Waals surface area contributed by atoms with E-state index < -0.39 is 0 Å². The Morgan fingerprint density at radius 3 is 2.31 bits per heavy atom. The SMILES string of the molecule is O=CN1CCN(c2cc(N3CCc4ccccc43)nc(-c3ccccc3)n2)CC1. The standard InChI is InChI=1S/C23H23N5O/c29-17-26-12-14-27(15-13-26)21-16-22(25-23(24-21)19-7-2-1-3-8-19)28-11-10-18-6-4-5-9-20(18)28/h1-9,16-17H,10-15H2. The van der Waals surface area contributed by atoms with Crippen molar-refractivity contribution in [2.75, 3.05) is 42.5 Å². The molecule has 1 fully saturated rings. The van der Waals surface area contributed by atoms with Gasteiger partial charge in [0.15, 0.2) is 5.82 Å². The molecule has 0 radical (unpaired) electrons. The molecule has 2 aliphatic rings. The predicted molar refractivity (Wildman–Crippen MR) is 114 cm³/mol. The van der Waals surface area contributed by atoms with Gasteiger partial charge in [-0.15, -0.1) is 0 Å². The summed E-state index contributed by atoms with van der Waals surface area (Å²) in [5.41, 5.74) is 3.59. The Kier molecular flexibility index (Phi) is 4.60. The molecule has 2 aromatic carbocycles. The van der Waals surface area contributed by atoms with E-state index in [9.17, 15) is 4.79 Å². The molecule has 3 aromatic rings. The minimum Gasteiger partial charge on any atom is -0.353 e. The molecule has 5 rings (SSSR count). The van der Waals surface area contributed by atoms with E-state index in [0.29, 0.717) is 0 Å². The third-order valence-corrected chi connectivity index (χ3v) is 5.68. The van der Waals surface area contributed by atoms with Gasteiger partial charge in [0, 0.05) is 50.0 Å². The van der Waals surface area contributed by atoms with Crippen LogP contribution in [-0.4, -0.2) is 54.0 Å². The normalized spacial score (nSPS) is 16.1. The van der Waals surface area contributed by atoms with Gasteiger partial charge in [-0.05, 0) is 18.1 Å². The zero-order chi connectivity index (χ0) is 19.6. The smallest absolute Gasteiger partial charge is 0.209 e. The number of hydrogen-bond acceptors (Lipinski definition) is 5. The van der Waals surface area contributed by atoms with E-state index >= 15 is 0 Å². The molecule has 0 unspecified atom stereocenters. The van der Waals surface area contributed by atoms with Crippen LogP contribution in [0.25, 0.3) is 11.4 Å². The molecule has 6 nitrogen and oxygen atoms in total. The number of benzene rings is 2. The molecule has 1 saturated heterocycles. The average Bonchev–Trinajstić information content (AvgIpc) is 3.24. The molecule has 3 heterocycles. The first-order valence-electron chi connectivity index (χ1n) is 10.1. The maximum absolute atomic E-state index is 11.1. The maximum Gasteiger partial charge on any atom is 0.209 e. The third kappa shape index (κ3) is 3.42. The van der Waals surface area contributed by atoms with Crippen molar-refractivity contribution in [3.8, 4) is 11.4 Å². The molecule has 146 valence electrons. The quantitative estimate of drug-likeness (QED) is 0.646. The fourth-order valence-corrected chi connectivity index (χ4v) is 4.07. The van der Waals surface area contributed by atoms with Crippen molar-refractivity contribution in [3.63, 3.8) is 0 Å². The molecule has 0 N–H and O–H groups in total. The second-order valence-corrected chi connectivity index (χ2v) is 7.43. The summed E-state index contributed by atoms with van der Waals surface area (Å²) in [4.78, 5) is 27.2. The van der Waals surface area contributed by atoms with E-state index in [0.717, 1.165) is 68.6 Å². The highest BCUT2D eigenvalue weighted by Gasteiger charge is 2.24. The highest BCUT2D eigenvalue weighted by molar-refractivity contribution is 5.71. The number of amides is 1. The van der Waals surface area contributed by atoms with Crippen molar-refractivity contribution in [1.29, 1.82) is 0 Å². The first kappa shape index (κ1) is 17.7. The van der Waals surface area contributed by atoms with Gasteiger partial charge < -0.3 is 14.7 Å². The molecule has 0 atom stereocenters. The fraction of sp³-hybridized carbons (Fsp3) is 0.261. The van der Waals surface area contributed by atoms with Crippen LogP contribution in [0.2, 0.25) is 0 Å². The Morgan fingerprint density at radius 1 is 0.793 bits per heavy atom. The van der Waals surface area contributed by atoms with Crippen molar-refractivity contribution >= 4 is 23.7 Å². The Hall–Kier alpha value is -3.41. The summed E-state index contributed by atoms with van der Waals surface area (Å²) in [6, 6.07) is 20.7. The van der Waals surface area contributed by atoms with Crippen LogP contribution in [0.4, 0.5) is 17.3 Å². The maximum atomic E-state index is 11.1. The van der Waals surface area contributed by atoms with E-state index in [1.165, 1.54) is 11.3 Å². The number of rotatable bonds is 4. The van der Waals surface area contributed by atoms with Crippen molar-refractivity contribution in [3.05, 3.63) is 66.2 Å². The molecule has 6 heteroatoms.